The van der Waals surface area contributed by atoms with Gasteiger partial charge >= 0.3 is 5.97 Å². The third kappa shape index (κ3) is 4.46. The molecule has 1 aromatic carbocycles. The van der Waals surface area contributed by atoms with E-state index in [1.165, 1.54) is 25.3 Å². The van der Waals surface area contributed by atoms with Crippen LogP contribution in [0.4, 0.5) is 11.4 Å². The number of benzene rings is 1. The summed E-state index contributed by atoms with van der Waals surface area (Å²) in [5.41, 5.74) is 0.434. The Kier molecular flexibility index (Phi) is 5.11. The largest absolute Gasteiger partial charge is 0.495 e. The number of carbonyl (C=O) groups is 1. The lowest BCUT2D eigenvalue weighted by Gasteiger charge is -2.16. The molecule has 0 aromatic heterocycles. The molecular formula is C12H16N2O5. The molecule has 104 valence electrons. The summed E-state index contributed by atoms with van der Waals surface area (Å²) < 4.78 is 5.11. The highest BCUT2D eigenvalue weighted by molar-refractivity contribution is 5.67. The highest BCUT2D eigenvalue weighted by Crippen LogP contribution is 2.29. The fourth-order valence-electron chi connectivity index (χ4n) is 1.60. The van der Waals surface area contributed by atoms with Crippen molar-refractivity contribution in [2.45, 2.75) is 25.8 Å². The number of hydrogen-bond acceptors (Lipinski definition) is 5. The molecule has 0 radical (unpaired) electrons. The van der Waals surface area contributed by atoms with E-state index < -0.39 is 10.9 Å². The van der Waals surface area contributed by atoms with Crippen LogP contribution in [0, 0.1) is 10.1 Å². The lowest BCUT2D eigenvalue weighted by molar-refractivity contribution is -0.384. The minimum Gasteiger partial charge on any atom is -0.495 e. The lowest BCUT2D eigenvalue weighted by atomic mass is 10.1. The van der Waals surface area contributed by atoms with E-state index in [-0.39, 0.29) is 18.2 Å². The van der Waals surface area contributed by atoms with Gasteiger partial charge in [-0.25, -0.2) is 0 Å². The number of nitro groups is 1. The van der Waals surface area contributed by atoms with Crippen LogP contribution in [0.15, 0.2) is 18.2 Å². The molecule has 1 unspecified atom stereocenters. The number of ether oxygens (including phenoxy) is 1. The number of carboxylic acids is 1. The van der Waals surface area contributed by atoms with Gasteiger partial charge in [0.05, 0.1) is 17.7 Å². The second-order valence-electron chi connectivity index (χ2n) is 4.12. The van der Waals surface area contributed by atoms with E-state index in [1.54, 1.807) is 6.92 Å². The smallest absolute Gasteiger partial charge is 0.303 e. The van der Waals surface area contributed by atoms with Gasteiger partial charge in [0.2, 0.25) is 0 Å². The van der Waals surface area contributed by atoms with Crippen molar-refractivity contribution in [3.63, 3.8) is 0 Å². The molecule has 0 aliphatic heterocycles. The Bertz CT molecular complexity index is 475. The van der Waals surface area contributed by atoms with Crippen LogP contribution >= 0.6 is 0 Å². The summed E-state index contributed by atoms with van der Waals surface area (Å²) >= 11 is 0. The first-order chi connectivity index (χ1) is 8.93. The van der Waals surface area contributed by atoms with Gasteiger partial charge in [-0.3, -0.25) is 14.9 Å². The predicted molar refractivity (Wildman–Crippen MR) is 69.6 cm³/mol. The molecule has 7 nitrogen and oxygen atoms in total. The minimum absolute atomic E-state index is 0.0331. The number of anilines is 1. The second-order valence-corrected chi connectivity index (χ2v) is 4.12. The summed E-state index contributed by atoms with van der Waals surface area (Å²) in [6.07, 6.45) is 0.451. The molecule has 0 spiro atoms. The summed E-state index contributed by atoms with van der Waals surface area (Å²) in [7, 11) is 1.47. The Hall–Kier alpha value is -2.31. The van der Waals surface area contributed by atoms with E-state index in [1.807, 2.05) is 0 Å². The number of methoxy groups -OCH3 is 1. The van der Waals surface area contributed by atoms with E-state index in [2.05, 4.69) is 5.32 Å². The second kappa shape index (κ2) is 6.58. The highest BCUT2D eigenvalue weighted by atomic mass is 16.6. The van der Waals surface area contributed by atoms with E-state index in [0.717, 1.165) is 0 Å². The van der Waals surface area contributed by atoms with E-state index in [4.69, 9.17) is 9.84 Å². The van der Waals surface area contributed by atoms with Gasteiger partial charge < -0.3 is 15.2 Å². The maximum atomic E-state index is 10.7. The molecule has 0 saturated carbocycles. The lowest BCUT2D eigenvalue weighted by Crippen LogP contribution is -2.17. The average Bonchev–Trinajstić information content (AvgIpc) is 2.36. The molecule has 0 saturated heterocycles. The Morgan fingerprint density at radius 2 is 2.26 bits per heavy atom. The molecule has 0 fully saturated rings. The van der Waals surface area contributed by atoms with Gasteiger partial charge in [-0.1, -0.05) is 0 Å². The van der Waals surface area contributed by atoms with Crippen LogP contribution in [0.2, 0.25) is 0 Å². The van der Waals surface area contributed by atoms with Crippen LogP contribution in [0.25, 0.3) is 0 Å². The zero-order valence-corrected chi connectivity index (χ0v) is 10.8. The van der Waals surface area contributed by atoms with E-state index >= 15 is 0 Å². The summed E-state index contributed by atoms with van der Waals surface area (Å²) in [6, 6.07) is 4.10. The number of non-ortho nitro benzene ring substituents is 1. The summed E-state index contributed by atoms with van der Waals surface area (Å²) in [5.74, 6) is -0.396. The van der Waals surface area contributed by atoms with E-state index in [0.29, 0.717) is 17.9 Å². The first-order valence-corrected chi connectivity index (χ1v) is 5.74. The summed E-state index contributed by atoms with van der Waals surface area (Å²) in [4.78, 5) is 20.7. The number of hydrogen-bond donors (Lipinski definition) is 2. The number of rotatable bonds is 7. The van der Waals surface area contributed by atoms with Gasteiger partial charge in [0, 0.05) is 24.6 Å². The Balaban J connectivity index is 2.82. The molecular weight excluding hydrogens is 252 g/mol. The number of carboxylic acid groups (broad SMARTS) is 1. The standard InChI is InChI=1S/C12H16N2O5/c1-8(3-6-12(15)16)13-10-7-9(14(17)18)4-5-11(10)19-2/h4-5,7-8,13H,3,6H2,1-2H3,(H,15,16). The average molecular weight is 268 g/mol. The van der Waals surface area contributed by atoms with Crippen LogP contribution < -0.4 is 10.1 Å². The van der Waals surface area contributed by atoms with Crippen molar-refractivity contribution in [2.24, 2.45) is 0 Å². The minimum atomic E-state index is -0.875. The van der Waals surface area contributed by atoms with Gasteiger partial charge in [0.15, 0.2) is 0 Å². The van der Waals surface area contributed by atoms with Crippen molar-refractivity contribution >= 4 is 17.3 Å². The van der Waals surface area contributed by atoms with Gasteiger partial charge in [-0.05, 0) is 19.4 Å². The topological polar surface area (TPSA) is 102 Å². The summed E-state index contributed by atoms with van der Waals surface area (Å²) in [5, 5.41) is 22.3. The van der Waals surface area contributed by atoms with Gasteiger partial charge in [0.1, 0.15) is 5.75 Å². The quantitative estimate of drug-likeness (QED) is 0.581. The molecule has 0 aliphatic rings. The monoisotopic (exact) mass is 268 g/mol. The molecule has 0 aliphatic carbocycles. The number of aliphatic carboxylic acids is 1. The Morgan fingerprint density at radius 3 is 2.79 bits per heavy atom. The zero-order valence-electron chi connectivity index (χ0n) is 10.8. The third-order valence-electron chi connectivity index (χ3n) is 2.59. The first-order valence-electron chi connectivity index (χ1n) is 5.74. The molecule has 1 atom stereocenters. The van der Waals surface area contributed by atoms with Crippen molar-refractivity contribution in [3.05, 3.63) is 28.3 Å². The number of nitrogens with one attached hydrogen (secondary N) is 1. The molecule has 2 N–H and O–H groups in total. The maximum Gasteiger partial charge on any atom is 0.303 e. The number of nitrogens with zero attached hydrogens (tertiary/aromatic N) is 1. The first kappa shape index (κ1) is 14.7. The van der Waals surface area contributed by atoms with Crippen LogP contribution in [0.5, 0.6) is 5.75 Å². The van der Waals surface area contributed by atoms with E-state index in [9.17, 15) is 14.9 Å². The van der Waals surface area contributed by atoms with Crippen LogP contribution in [0.3, 0.4) is 0 Å². The van der Waals surface area contributed by atoms with Gasteiger partial charge in [-0.15, -0.1) is 0 Å². The van der Waals surface area contributed by atoms with Crippen molar-refractivity contribution in [1.29, 1.82) is 0 Å². The summed E-state index contributed by atoms with van der Waals surface area (Å²) in [6.45, 7) is 1.81. The molecule has 1 aromatic rings. The Labute approximate surface area is 110 Å². The molecule has 7 heteroatoms. The van der Waals surface area contributed by atoms with Crippen LogP contribution in [-0.4, -0.2) is 29.2 Å². The normalized spacial score (nSPS) is 11.7. The molecule has 0 amide bonds. The van der Waals surface area contributed by atoms with Crippen molar-refractivity contribution in [1.82, 2.24) is 0 Å². The molecule has 0 bridgehead atoms. The van der Waals surface area contributed by atoms with Gasteiger partial charge in [-0.2, -0.15) is 0 Å². The molecule has 1 rings (SSSR count). The van der Waals surface area contributed by atoms with Crippen LogP contribution in [-0.2, 0) is 4.79 Å². The van der Waals surface area contributed by atoms with Gasteiger partial charge in [0.25, 0.3) is 5.69 Å². The Morgan fingerprint density at radius 1 is 1.58 bits per heavy atom. The number of nitro benzene ring substituents is 1. The third-order valence-corrected chi connectivity index (χ3v) is 2.59. The molecule has 0 heterocycles. The zero-order chi connectivity index (χ0) is 14.4. The molecule has 19 heavy (non-hydrogen) atoms. The predicted octanol–water partition coefficient (Wildman–Crippen LogP) is 2.27. The SMILES string of the molecule is COc1ccc([N+](=O)[O-])cc1NC(C)CCC(=O)O. The fraction of sp³-hybridized carbons (Fsp3) is 0.417. The van der Waals surface area contributed by atoms with Crippen molar-refractivity contribution in [3.8, 4) is 5.75 Å². The van der Waals surface area contributed by atoms with Crippen molar-refractivity contribution < 1.29 is 19.6 Å². The fourth-order valence-corrected chi connectivity index (χ4v) is 1.60. The maximum absolute atomic E-state index is 10.7. The highest BCUT2D eigenvalue weighted by Gasteiger charge is 2.13. The van der Waals surface area contributed by atoms with Crippen LogP contribution in [0.1, 0.15) is 19.8 Å². The van der Waals surface area contributed by atoms with Crippen molar-refractivity contribution in [2.75, 3.05) is 12.4 Å².